The predicted octanol–water partition coefficient (Wildman–Crippen LogP) is 2.08. The van der Waals surface area contributed by atoms with Gasteiger partial charge in [-0.15, -0.1) is 0 Å². The number of carbonyl (C=O) groups is 1. The van der Waals surface area contributed by atoms with E-state index in [-0.39, 0.29) is 11.1 Å². The molecule has 34 heavy (non-hydrogen) atoms. The molecule has 1 aliphatic rings. The van der Waals surface area contributed by atoms with Crippen molar-refractivity contribution < 1.29 is 23.4 Å². The molecule has 0 fully saturated rings. The molecule has 0 amide bonds. The van der Waals surface area contributed by atoms with E-state index in [4.69, 9.17) is 18.6 Å². The molecule has 178 valence electrons. The SMILES string of the molecule is COC(=O)C1=C(C)N=c2sc(=Cc3ccc(N(C)C)o3)c(=O)n2C1c1ccc(OC)cc1OC. The second kappa shape index (κ2) is 9.22. The second-order valence-electron chi connectivity index (χ2n) is 7.75. The number of hydrogen-bond donors (Lipinski definition) is 0. The zero-order valence-corrected chi connectivity index (χ0v) is 20.6. The molecule has 0 bridgehead atoms. The van der Waals surface area contributed by atoms with Crippen molar-refractivity contribution in [3.63, 3.8) is 0 Å². The molecule has 0 saturated carbocycles. The zero-order chi connectivity index (χ0) is 24.6. The van der Waals surface area contributed by atoms with Gasteiger partial charge in [-0.25, -0.2) is 9.79 Å². The Bertz CT molecular complexity index is 1460. The van der Waals surface area contributed by atoms with Crippen LogP contribution >= 0.6 is 11.3 Å². The van der Waals surface area contributed by atoms with Gasteiger partial charge in [-0.05, 0) is 25.1 Å². The highest BCUT2D eigenvalue weighted by molar-refractivity contribution is 7.07. The molecule has 1 unspecified atom stereocenters. The van der Waals surface area contributed by atoms with E-state index in [2.05, 4.69) is 4.99 Å². The molecule has 0 aliphatic carbocycles. The fourth-order valence-electron chi connectivity index (χ4n) is 3.82. The van der Waals surface area contributed by atoms with E-state index in [1.807, 2.05) is 25.1 Å². The normalized spacial score (nSPS) is 15.6. The number of esters is 1. The number of furan rings is 1. The summed E-state index contributed by atoms with van der Waals surface area (Å²) < 4.78 is 23.7. The number of methoxy groups -OCH3 is 3. The Morgan fingerprint density at radius 1 is 1.18 bits per heavy atom. The van der Waals surface area contributed by atoms with Gasteiger partial charge in [0, 0.05) is 37.9 Å². The summed E-state index contributed by atoms with van der Waals surface area (Å²) in [5, 5.41) is 0. The number of ether oxygens (including phenoxy) is 3. The number of thiazole rings is 1. The van der Waals surface area contributed by atoms with Gasteiger partial charge in [0.1, 0.15) is 23.3 Å². The molecule has 10 heteroatoms. The van der Waals surface area contributed by atoms with Crippen LogP contribution < -0.4 is 29.3 Å². The number of benzene rings is 1. The number of hydrogen-bond acceptors (Lipinski definition) is 9. The Kier molecular flexibility index (Phi) is 6.34. The van der Waals surface area contributed by atoms with Crippen molar-refractivity contribution in [2.24, 2.45) is 4.99 Å². The lowest BCUT2D eigenvalue weighted by atomic mass is 9.95. The van der Waals surface area contributed by atoms with Gasteiger partial charge in [-0.2, -0.15) is 0 Å². The van der Waals surface area contributed by atoms with Gasteiger partial charge >= 0.3 is 5.97 Å². The minimum absolute atomic E-state index is 0.262. The van der Waals surface area contributed by atoms with Crippen LogP contribution in [0.25, 0.3) is 6.08 Å². The Labute approximate surface area is 199 Å². The van der Waals surface area contributed by atoms with Gasteiger partial charge in [0.25, 0.3) is 5.56 Å². The zero-order valence-electron chi connectivity index (χ0n) is 19.7. The maximum atomic E-state index is 13.6. The van der Waals surface area contributed by atoms with Gasteiger partial charge in [0.15, 0.2) is 10.7 Å². The molecule has 3 heterocycles. The molecule has 0 N–H and O–H groups in total. The number of anilines is 1. The third-order valence-corrected chi connectivity index (χ3v) is 6.47. The number of carbonyl (C=O) groups excluding carboxylic acids is 1. The Balaban J connectivity index is 1.97. The van der Waals surface area contributed by atoms with E-state index in [0.29, 0.717) is 43.7 Å². The highest BCUT2D eigenvalue weighted by Gasteiger charge is 2.35. The van der Waals surface area contributed by atoms with Gasteiger partial charge in [0.2, 0.25) is 0 Å². The van der Waals surface area contributed by atoms with Crippen LogP contribution in [0, 0.1) is 0 Å². The molecular formula is C24H25N3O6S. The average molecular weight is 484 g/mol. The Morgan fingerprint density at radius 2 is 1.94 bits per heavy atom. The van der Waals surface area contributed by atoms with Crippen LogP contribution in [0.2, 0.25) is 0 Å². The van der Waals surface area contributed by atoms with E-state index in [1.54, 1.807) is 44.4 Å². The molecule has 1 atom stereocenters. The third kappa shape index (κ3) is 4.01. The number of fused-ring (bicyclic) bond motifs is 1. The first-order valence-corrected chi connectivity index (χ1v) is 11.2. The van der Waals surface area contributed by atoms with Crippen molar-refractivity contribution in [3.8, 4) is 11.5 Å². The van der Waals surface area contributed by atoms with Crippen LogP contribution in [0.3, 0.4) is 0 Å². The summed E-state index contributed by atoms with van der Waals surface area (Å²) in [6.07, 6.45) is 1.68. The summed E-state index contributed by atoms with van der Waals surface area (Å²) in [6, 6.07) is 8.07. The molecule has 4 rings (SSSR count). The minimum Gasteiger partial charge on any atom is -0.497 e. The smallest absolute Gasteiger partial charge is 0.338 e. The third-order valence-electron chi connectivity index (χ3n) is 5.49. The van der Waals surface area contributed by atoms with Gasteiger partial charge < -0.3 is 23.5 Å². The highest BCUT2D eigenvalue weighted by atomic mass is 32.1. The maximum absolute atomic E-state index is 13.6. The molecule has 1 aromatic carbocycles. The van der Waals surface area contributed by atoms with Crippen molar-refractivity contribution in [3.05, 3.63) is 72.6 Å². The minimum atomic E-state index is -0.791. The summed E-state index contributed by atoms with van der Waals surface area (Å²) in [6.45, 7) is 1.72. The summed E-state index contributed by atoms with van der Waals surface area (Å²) >= 11 is 1.22. The van der Waals surface area contributed by atoms with Crippen molar-refractivity contribution in [1.29, 1.82) is 0 Å². The second-order valence-corrected chi connectivity index (χ2v) is 8.76. The maximum Gasteiger partial charge on any atom is 0.338 e. The molecule has 0 radical (unpaired) electrons. The van der Waals surface area contributed by atoms with E-state index in [9.17, 15) is 9.59 Å². The number of aromatic nitrogens is 1. The first-order chi connectivity index (χ1) is 16.3. The standard InChI is InChI=1S/C24H25N3O6S/c1-13-20(23(29)32-6)21(16-9-7-14(30-4)11-17(16)31-5)27-22(28)18(34-24(27)25-13)12-15-8-10-19(33-15)26(2)3/h7-12,21H,1-6H3. The van der Waals surface area contributed by atoms with Crippen molar-refractivity contribution in [2.75, 3.05) is 40.3 Å². The molecule has 0 spiro atoms. The monoisotopic (exact) mass is 483 g/mol. The number of rotatable bonds is 6. The molecule has 2 aromatic heterocycles. The van der Waals surface area contributed by atoms with Crippen molar-refractivity contribution in [2.45, 2.75) is 13.0 Å². The van der Waals surface area contributed by atoms with Crippen LogP contribution in [0.5, 0.6) is 11.5 Å². The number of nitrogens with zero attached hydrogens (tertiary/aromatic N) is 3. The fourth-order valence-corrected chi connectivity index (χ4v) is 4.85. The lowest BCUT2D eigenvalue weighted by Gasteiger charge is -2.25. The first kappa shape index (κ1) is 23.4. The van der Waals surface area contributed by atoms with Crippen LogP contribution in [-0.4, -0.2) is 46.0 Å². The molecule has 1 aliphatic heterocycles. The summed E-state index contributed by atoms with van der Waals surface area (Å²) in [4.78, 5) is 33.3. The lowest BCUT2D eigenvalue weighted by Crippen LogP contribution is -2.40. The largest absolute Gasteiger partial charge is 0.497 e. The van der Waals surface area contributed by atoms with Crippen LogP contribution in [-0.2, 0) is 9.53 Å². The van der Waals surface area contributed by atoms with Crippen LogP contribution in [0.1, 0.15) is 24.3 Å². The highest BCUT2D eigenvalue weighted by Crippen LogP contribution is 2.37. The summed E-state index contributed by atoms with van der Waals surface area (Å²) in [5.41, 5.74) is 1.04. The Hall–Kier alpha value is -3.79. The molecule has 9 nitrogen and oxygen atoms in total. The van der Waals surface area contributed by atoms with Gasteiger partial charge in [-0.1, -0.05) is 11.3 Å². The van der Waals surface area contributed by atoms with Crippen LogP contribution in [0.15, 0.2) is 55.8 Å². The summed E-state index contributed by atoms with van der Waals surface area (Å²) in [7, 11) is 8.12. The Morgan fingerprint density at radius 3 is 2.56 bits per heavy atom. The van der Waals surface area contributed by atoms with E-state index >= 15 is 0 Å². The van der Waals surface area contributed by atoms with E-state index < -0.39 is 12.0 Å². The predicted molar refractivity (Wildman–Crippen MR) is 128 cm³/mol. The molecule has 3 aromatic rings. The first-order valence-electron chi connectivity index (χ1n) is 10.4. The van der Waals surface area contributed by atoms with Crippen molar-refractivity contribution in [1.82, 2.24) is 4.57 Å². The van der Waals surface area contributed by atoms with Gasteiger partial charge in [-0.3, -0.25) is 9.36 Å². The fraction of sp³-hybridized carbons (Fsp3) is 0.292. The lowest BCUT2D eigenvalue weighted by molar-refractivity contribution is -0.136. The summed E-state index contributed by atoms with van der Waals surface area (Å²) in [5.74, 6) is 1.69. The number of allylic oxidation sites excluding steroid dienone is 1. The van der Waals surface area contributed by atoms with E-state index in [0.717, 1.165) is 0 Å². The van der Waals surface area contributed by atoms with Crippen molar-refractivity contribution >= 4 is 29.3 Å². The topological polar surface area (TPSA) is 95.5 Å². The van der Waals surface area contributed by atoms with E-state index in [1.165, 1.54) is 30.1 Å². The van der Waals surface area contributed by atoms with Crippen LogP contribution in [0.4, 0.5) is 5.88 Å². The van der Waals surface area contributed by atoms with Gasteiger partial charge in [0.05, 0.1) is 37.1 Å². The molecular weight excluding hydrogens is 458 g/mol. The quantitative estimate of drug-likeness (QED) is 0.496. The molecule has 0 saturated heterocycles. The average Bonchev–Trinajstić information content (AvgIpc) is 3.42.